The molecular weight excluding hydrogens is 268 g/mol. The first-order chi connectivity index (χ1) is 8.64. The molecule has 0 saturated carbocycles. The van der Waals surface area contributed by atoms with E-state index in [-0.39, 0.29) is 43.0 Å². The van der Waals surface area contributed by atoms with E-state index in [0.29, 0.717) is 12.8 Å². The number of carbonyl (C=O) groups excluding carboxylic acids is 1. The number of aliphatic hydroxyl groups is 1. The van der Waals surface area contributed by atoms with Crippen molar-refractivity contribution >= 4 is 15.7 Å². The summed E-state index contributed by atoms with van der Waals surface area (Å²) < 4.78 is 22.9. The van der Waals surface area contributed by atoms with Gasteiger partial charge in [0.1, 0.15) is 0 Å². The Kier molecular flexibility index (Phi) is 5.34. The molecule has 1 rings (SSSR count). The quantitative estimate of drug-likeness (QED) is 0.688. The molecule has 112 valence electrons. The van der Waals surface area contributed by atoms with Gasteiger partial charge in [-0.25, -0.2) is 8.42 Å². The van der Waals surface area contributed by atoms with Crippen LogP contribution in [0.1, 0.15) is 33.1 Å². The molecule has 3 N–H and O–H groups in total. The van der Waals surface area contributed by atoms with E-state index in [1.165, 1.54) is 4.90 Å². The molecule has 1 unspecified atom stereocenters. The van der Waals surface area contributed by atoms with Gasteiger partial charge in [0.2, 0.25) is 5.91 Å². The first-order valence-corrected chi connectivity index (χ1v) is 8.36. The van der Waals surface area contributed by atoms with Gasteiger partial charge in [0.25, 0.3) is 0 Å². The number of hydrogen-bond acceptors (Lipinski definition) is 5. The SMILES string of the molecule is CC(C)(N)CCC(=O)N(CCO)C1CCS(=O)(=O)C1. The van der Waals surface area contributed by atoms with Crippen LogP contribution in [0.15, 0.2) is 0 Å². The van der Waals surface area contributed by atoms with E-state index in [1.54, 1.807) is 0 Å². The van der Waals surface area contributed by atoms with E-state index >= 15 is 0 Å². The van der Waals surface area contributed by atoms with Gasteiger partial charge in [-0.3, -0.25) is 4.79 Å². The molecule has 1 amide bonds. The third-order valence-electron chi connectivity index (χ3n) is 3.29. The standard InChI is InChI=1S/C12H24N2O4S/c1-12(2,13)5-3-11(16)14(6-7-15)10-4-8-19(17,18)9-10/h10,15H,3-9,13H2,1-2H3. The van der Waals surface area contributed by atoms with Gasteiger partial charge in [-0.15, -0.1) is 0 Å². The van der Waals surface area contributed by atoms with Crippen molar-refractivity contribution in [2.75, 3.05) is 24.7 Å². The second-order valence-corrected chi connectivity index (χ2v) is 8.08. The minimum absolute atomic E-state index is 0.00472. The highest BCUT2D eigenvalue weighted by molar-refractivity contribution is 7.91. The second-order valence-electron chi connectivity index (χ2n) is 5.86. The monoisotopic (exact) mass is 292 g/mol. The van der Waals surface area contributed by atoms with Crippen LogP contribution < -0.4 is 5.73 Å². The van der Waals surface area contributed by atoms with Crippen LogP contribution in [0.4, 0.5) is 0 Å². The molecule has 0 aromatic rings. The zero-order valence-electron chi connectivity index (χ0n) is 11.6. The molecule has 0 spiro atoms. The summed E-state index contributed by atoms with van der Waals surface area (Å²) in [5.41, 5.74) is 5.41. The topological polar surface area (TPSA) is 101 Å². The second kappa shape index (κ2) is 6.19. The van der Waals surface area contributed by atoms with E-state index in [4.69, 9.17) is 10.8 Å². The Balaban J connectivity index is 2.64. The van der Waals surface area contributed by atoms with Crippen molar-refractivity contribution in [3.05, 3.63) is 0 Å². The van der Waals surface area contributed by atoms with Crippen LogP contribution in [0.3, 0.4) is 0 Å². The maximum Gasteiger partial charge on any atom is 0.222 e. The van der Waals surface area contributed by atoms with Crippen LogP contribution in [0.25, 0.3) is 0 Å². The highest BCUT2D eigenvalue weighted by atomic mass is 32.2. The van der Waals surface area contributed by atoms with Crippen molar-refractivity contribution in [1.82, 2.24) is 4.90 Å². The van der Waals surface area contributed by atoms with Gasteiger partial charge in [0, 0.05) is 24.5 Å². The minimum atomic E-state index is -3.04. The summed E-state index contributed by atoms with van der Waals surface area (Å²) in [4.78, 5) is 13.6. The van der Waals surface area contributed by atoms with Gasteiger partial charge in [0.15, 0.2) is 9.84 Å². The summed E-state index contributed by atoms with van der Waals surface area (Å²) in [7, 11) is -3.04. The van der Waals surface area contributed by atoms with Crippen LogP contribution in [0.2, 0.25) is 0 Å². The third kappa shape index (κ3) is 5.46. The number of hydrogen-bond donors (Lipinski definition) is 2. The summed E-state index contributed by atoms with van der Waals surface area (Å²) >= 11 is 0. The van der Waals surface area contributed by atoms with Gasteiger partial charge < -0.3 is 15.7 Å². The molecule has 0 aromatic carbocycles. The number of nitrogens with zero attached hydrogens (tertiary/aromatic N) is 1. The van der Waals surface area contributed by atoms with Gasteiger partial charge >= 0.3 is 0 Å². The predicted molar refractivity (Wildman–Crippen MR) is 73.4 cm³/mol. The Morgan fingerprint density at radius 3 is 2.53 bits per heavy atom. The lowest BCUT2D eigenvalue weighted by Gasteiger charge is -2.29. The summed E-state index contributed by atoms with van der Waals surface area (Å²) in [5.74, 6) is -0.00492. The fraction of sp³-hybridized carbons (Fsp3) is 0.917. The van der Waals surface area contributed by atoms with E-state index < -0.39 is 15.4 Å². The van der Waals surface area contributed by atoms with Crippen molar-refractivity contribution in [3.63, 3.8) is 0 Å². The molecule has 1 aliphatic rings. The first kappa shape index (κ1) is 16.4. The Morgan fingerprint density at radius 1 is 1.47 bits per heavy atom. The molecular formula is C12H24N2O4S. The third-order valence-corrected chi connectivity index (χ3v) is 5.04. The molecule has 1 atom stereocenters. The Hall–Kier alpha value is -0.660. The molecule has 1 aliphatic heterocycles. The Bertz CT molecular complexity index is 414. The summed E-state index contributed by atoms with van der Waals surface area (Å²) in [6.45, 7) is 3.71. The zero-order valence-corrected chi connectivity index (χ0v) is 12.4. The highest BCUT2D eigenvalue weighted by Crippen LogP contribution is 2.19. The van der Waals surface area contributed by atoms with E-state index in [2.05, 4.69) is 0 Å². The van der Waals surface area contributed by atoms with E-state index in [0.717, 1.165) is 0 Å². The Labute approximate surface area is 114 Å². The molecule has 7 heteroatoms. The number of nitrogens with two attached hydrogens (primary N) is 1. The van der Waals surface area contributed by atoms with Crippen LogP contribution in [-0.2, 0) is 14.6 Å². The Morgan fingerprint density at radius 2 is 2.11 bits per heavy atom. The molecule has 0 bridgehead atoms. The predicted octanol–water partition coefficient (Wildman–Crippen LogP) is -0.488. The van der Waals surface area contributed by atoms with Gasteiger partial charge in [0.05, 0.1) is 18.1 Å². The number of rotatable bonds is 6. The average Bonchev–Trinajstić information content (AvgIpc) is 2.62. The lowest BCUT2D eigenvalue weighted by atomic mass is 9.99. The number of aliphatic hydroxyl groups excluding tert-OH is 1. The highest BCUT2D eigenvalue weighted by Gasteiger charge is 2.34. The van der Waals surface area contributed by atoms with Crippen molar-refractivity contribution in [2.24, 2.45) is 5.73 Å². The van der Waals surface area contributed by atoms with Gasteiger partial charge in [-0.2, -0.15) is 0 Å². The fourth-order valence-corrected chi connectivity index (χ4v) is 3.94. The summed E-state index contributed by atoms with van der Waals surface area (Å²) in [6.07, 6.45) is 1.27. The maximum absolute atomic E-state index is 12.1. The van der Waals surface area contributed by atoms with Crippen LogP contribution in [0, 0.1) is 0 Å². The molecule has 0 aliphatic carbocycles. The van der Waals surface area contributed by atoms with Gasteiger partial charge in [-0.1, -0.05) is 0 Å². The zero-order chi connectivity index (χ0) is 14.7. The molecule has 0 aromatic heterocycles. The lowest BCUT2D eigenvalue weighted by Crippen LogP contribution is -2.44. The summed E-state index contributed by atoms with van der Waals surface area (Å²) in [5, 5.41) is 9.04. The molecule has 19 heavy (non-hydrogen) atoms. The number of sulfone groups is 1. The molecule has 1 heterocycles. The number of carbonyl (C=O) groups is 1. The molecule has 1 saturated heterocycles. The van der Waals surface area contributed by atoms with Crippen molar-refractivity contribution in [3.8, 4) is 0 Å². The van der Waals surface area contributed by atoms with E-state index in [9.17, 15) is 13.2 Å². The van der Waals surface area contributed by atoms with Crippen LogP contribution in [0.5, 0.6) is 0 Å². The van der Waals surface area contributed by atoms with Crippen LogP contribution >= 0.6 is 0 Å². The smallest absolute Gasteiger partial charge is 0.222 e. The van der Waals surface area contributed by atoms with Crippen LogP contribution in [-0.4, -0.2) is 60.6 Å². The normalized spacial score (nSPS) is 22.4. The number of amides is 1. The fourth-order valence-electron chi connectivity index (χ4n) is 2.21. The lowest BCUT2D eigenvalue weighted by molar-refractivity contribution is -0.134. The van der Waals surface area contributed by atoms with E-state index in [1.807, 2.05) is 13.8 Å². The van der Waals surface area contributed by atoms with Crippen molar-refractivity contribution in [1.29, 1.82) is 0 Å². The molecule has 6 nitrogen and oxygen atoms in total. The van der Waals surface area contributed by atoms with Gasteiger partial charge in [-0.05, 0) is 26.7 Å². The van der Waals surface area contributed by atoms with Crippen molar-refractivity contribution < 1.29 is 18.3 Å². The average molecular weight is 292 g/mol. The summed E-state index contributed by atoms with van der Waals surface area (Å²) in [6, 6.07) is -0.300. The first-order valence-electron chi connectivity index (χ1n) is 6.54. The minimum Gasteiger partial charge on any atom is -0.395 e. The molecule has 0 radical (unpaired) electrons. The largest absolute Gasteiger partial charge is 0.395 e. The maximum atomic E-state index is 12.1. The molecule has 1 fully saturated rings. The van der Waals surface area contributed by atoms with Crippen molar-refractivity contribution in [2.45, 2.75) is 44.7 Å².